The lowest BCUT2D eigenvalue weighted by molar-refractivity contribution is -0.140. The fourth-order valence-corrected chi connectivity index (χ4v) is 4.01. The van der Waals surface area contributed by atoms with E-state index in [-0.39, 0.29) is 5.91 Å². The van der Waals surface area contributed by atoms with E-state index in [1.807, 2.05) is 30.3 Å². The van der Waals surface area contributed by atoms with E-state index in [2.05, 4.69) is 24.8 Å². The normalized spacial score (nSPS) is 15.2. The summed E-state index contributed by atoms with van der Waals surface area (Å²) in [6.07, 6.45) is 3.73. The van der Waals surface area contributed by atoms with Crippen molar-refractivity contribution in [2.45, 2.75) is 6.10 Å². The molecule has 0 bridgehead atoms. The number of rotatable bonds is 4. The summed E-state index contributed by atoms with van der Waals surface area (Å²) in [6, 6.07) is 12.9. The zero-order chi connectivity index (χ0) is 22.1. The van der Waals surface area contributed by atoms with Crippen LogP contribution in [0, 0.1) is 0 Å². The number of aliphatic hydroxyl groups excluding tert-OH is 1. The summed E-state index contributed by atoms with van der Waals surface area (Å²) in [7, 11) is 0. The van der Waals surface area contributed by atoms with Crippen molar-refractivity contribution in [3.8, 4) is 11.4 Å². The van der Waals surface area contributed by atoms with Crippen molar-refractivity contribution in [1.29, 1.82) is 0 Å². The van der Waals surface area contributed by atoms with Crippen molar-refractivity contribution in [3.05, 3.63) is 71.6 Å². The number of carbonyl (C=O) groups is 1. The van der Waals surface area contributed by atoms with E-state index in [1.165, 1.54) is 6.20 Å². The molecular weight excluding hydrogens is 428 g/mol. The number of amides is 1. The molecule has 32 heavy (non-hydrogen) atoms. The van der Waals surface area contributed by atoms with Crippen LogP contribution in [0.1, 0.15) is 11.7 Å². The van der Waals surface area contributed by atoms with Gasteiger partial charge >= 0.3 is 0 Å². The van der Waals surface area contributed by atoms with Crippen molar-refractivity contribution in [2.24, 2.45) is 0 Å². The summed E-state index contributed by atoms with van der Waals surface area (Å²) in [5.74, 6) is 1.28. The minimum atomic E-state index is -1.19. The Hall–Kier alpha value is -3.49. The molecule has 1 aliphatic heterocycles. The number of pyridine rings is 2. The lowest BCUT2D eigenvalue weighted by Crippen LogP contribution is -2.50. The third-order valence-electron chi connectivity index (χ3n) is 5.61. The van der Waals surface area contributed by atoms with Crippen LogP contribution in [0.15, 0.2) is 61.1 Å². The second kappa shape index (κ2) is 8.57. The van der Waals surface area contributed by atoms with Crippen molar-refractivity contribution in [2.75, 3.05) is 31.1 Å². The quantitative estimate of drug-likeness (QED) is 0.498. The van der Waals surface area contributed by atoms with Crippen LogP contribution < -0.4 is 4.90 Å². The number of hydrogen-bond donors (Lipinski definition) is 2. The lowest BCUT2D eigenvalue weighted by Gasteiger charge is -2.36. The number of carbonyl (C=O) groups excluding carboxylic acids is 1. The van der Waals surface area contributed by atoms with Crippen LogP contribution in [-0.4, -0.2) is 62.0 Å². The summed E-state index contributed by atoms with van der Waals surface area (Å²) >= 11 is 6.05. The first kappa shape index (κ1) is 20.4. The van der Waals surface area contributed by atoms with Crippen molar-refractivity contribution in [3.63, 3.8) is 0 Å². The number of aromatic amines is 1. The molecule has 1 aliphatic rings. The molecule has 0 aliphatic carbocycles. The number of H-pyrrole nitrogens is 1. The third-order valence-corrected chi connectivity index (χ3v) is 5.85. The van der Waals surface area contributed by atoms with Crippen LogP contribution >= 0.6 is 11.6 Å². The number of hydrogen-bond acceptors (Lipinski definition) is 6. The number of imidazole rings is 1. The Kier molecular flexibility index (Phi) is 5.46. The smallest absolute Gasteiger partial charge is 0.256 e. The van der Waals surface area contributed by atoms with Crippen molar-refractivity contribution in [1.82, 2.24) is 24.8 Å². The number of anilines is 1. The Bertz CT molecular complexity index is 1240. The number of fused-ring (bicyclic) bond motifs is 1. The summed E-state index contributed by atoms with van der Waals surface area (Å²) < 4.78 is 0. The van der Waals surface area contributed by atoms with Gasteiger partial charge in [-0.15, -0.1) is 0 Å². The monoisotopic (exact) mass is 448 g/mol. The predicted octanol–water partition coefficient (Wildman–Crippen LogP) is 3.06. The Morgan fingerprint density at radius 2 is 1.94 bits per heavy atom. The maximum Gasteiger partial charge on any atom is 0.256 e. The molecule has 1 atom stereocenters. The molecule has 1 aromatic carbocycles. The standard InChI is InChI=1S/C23H21ClN6O2/c24-17-4-5-18-19(12-17)28-22(27-18)16-3-6-20(26-14-16)29-8-10-30(11-9-29)23(32)21(31)15-2-1-7-25-13-15/h1-7,12-14,21,31H,8-11H2,(H,27,28). The largest absolute Gasteiger partial charge is 0.378 e. The van der Waals surface area contributed by atoms with Crippen LogP contribution in [-0.2, 0) is 4.79 Å². The highest BCUT2D eigenvalue weighted by Crippen LogP contribution is 2.24. The van der Waals surface area contributed by atoms with E-state index in [0.717, 1.165) is 28.2 Å². The molecule has 8 nitrogen and oxygen atoms in total. The molecular formula is C23H21ClN6O2. The molecule has 0 saturated carbocycles. The first-order valence-corrected chi connectivity index (χ1v) is 10.7. The highest BCUT2D eigenvalue weighted by molar-refractivity contribution is 6.31. The highest BCUT2D eigenvalue weighted by atomic mass is 35.5. The topological polar surface area (TPSA) is 98.2 Å². The van der Waals surface area contributed by atoms with Crippen LogP contribution in [0.5, 0.6) is 0 Å². The zero-order valence-corrected chi connectivity index (χ0v) is 17.9. The number of nitrogens with one attached hydrogen (secondary N) is 1. The molecule has 9 heteroatoms. The molecule has 2 N–H and O–H groups in total. The average Bonchev–Trinajstić information content (AvgIpc) is 3.27. The Balaban J connectivity index is 1.23. The van der Waals surface area contributed by atoms with E-state index < -0.39 is 6.10 Å². The maximum atomic E-state index is 12.6. The third kappa shape index (κ3) is 4.02. The van der Waals surface area contributed by atoms with E-state index in [4.69, 9.17) is 11.6 Å². The molecule has 1 saturated heterocycles. The van der Waals surface area contributed by atoms with Gasteiger partial charge in [0, 0.05) is 60.9 Å². The van der Waals surface area contributed by atoms with Gasteiger partial charge in [0.05, 0.1) is 11.0 Å². The first-order valence-electron chi connectivity index (χ1n) is 10.3. The van der Waals surface area contributed by atoms with Gasteiger partial charge in [0.2, 0.25) is 0 Å². The van der Waals surface area contributed by atoms with E-state index >= 15 is 0 Å². The molecule has 1 fully saturated rings. The van der Waals surface area contributed by atoms with Crippen LogP contribution in [0.4, 0.5) is 5.82 Å². The van der Waals surface area contributed by atoms with Crippen molar-refractivity contribution >= 4 is 34.4 Å². The first-order chi connectivity index (χ1) is 15.6. The Morgan fingerprint density at radius 1 is 1.09 bits per heavy atom. The van der Waals surface area contributed by atoms with Gasteiger partial charge in [-0.3, -0.25) is 9.78 Å². The summed E-state index contributed by atoms with van der Waals surface area (Å²) in [5, 5.41) is 11.0. The second-order valence-corrected chi connectivity index (χ2v) is 8.09. The molecule has 162 valence electrons. The number of nitrogens with zero attached hydrogens (tertiary/aromatic N) is 5. The minimum Gasteiger partial charge on any atom is -0.378 e. The van der Waals surface area contributed by atoms with Crippen molar-refractivity contribution < 1.29 is 9.90 Å². The van der Waals surface area contributed by atoms with Gasteiger partial charge in [-0.05, 0) is 36.4 Å². The predicted molar refractivity (Wildman–Crippen MR) is 122 cm³/mol. The molecule has 1 unspecified atom stereocenters. The van der Waals surface area contributed by atoms with Gasteiger partial charge in [0.15, 0.2) is 6.10 Å². The fourth-order valence-electron chi connectivity index (χ4n) is 3.84. The average molecular weight is 449 g/mol. The number of benzene rings is 1. The van der Waals surface area contributed by atoms with E-state index in [0.29, 0.717) is 36.8 Å². The van der Waals surface area contributed by atoms with Gasteiger partial charge in [-0.2, -0.15) is 0 Å². The summed E-state index contributed by atoms with van der Waals surface area (Å²) in [6.45, 7) is 2.32. The number of halogens is 1. The molecule has 5 rings (SSSR count). The molecule has 0 radical (unpaired) electrons. The van der Waals surface area contributed by atoms with Gasteiger partial charge in [-0.25, -0.2) is 9.97 Å². The highest BCUT2D eigenvalue weighted by Gasteiger charge is 2.27. The zero-order valence-electron chi connectivity index (χ0n) is 17.1. The molecule has 1 amide bonds. The lowest BCUT2D eigenvalue weighted by atomic mass is 10.1. The number of aromatic nitrogens is 4. The number of piperazine rings is 1. The molecule has 3 aromatic heterocycles. The van der Waals surface area contributed by atoms with Crippen LogP contribution in [0.2, 0.25) is 5.02 Å². The van der Waals surface area contributed by atoms with Crippen LogP contribution in [0.25, 0.3) is 22.4 Å². The number of aliphatic hydroxyl groups is 1. The van der Waals surface area contributed by atoms with Gasteiger partial charge < -0.3 is 19.9 Å². The summed E-state index contributed by atoms with van der Waals surface area (Å²) in [4.78, 5) is 32.9. The summed E-state index contributed by atoms with van der Waals surface area (Å²) in [5.41, 5.74) is 3.12. The fraction of sp³-hybridized carbons (Fsp3) is 0.217. The van der Waals surface area contributed by atoms with E-state index in [9.17, 15) is 9.90 Å². The van der Waals surface area contributed by atoms with Gasteiger partial charge in [-0.1, -0.05) is 17.7 Å². The van der Waals surface area contributed by atoms with Crippen LogP contribution in [0.3, 0.4) is 0 Å². The Labute approximate surface area is 189 Å². The van der Waals surface area contributed by atoms with E-state index in [1.54, 1.807) is 29.4 Å². The molecule has 4 aromatic rings. The van der Waals surface area contributed by atoms with Gasteiger partial charge in [0.25, 0.3) is 5.91 Å². The Morgan fingerprint density at radius 3 is 2.66 bits per heavy atom. The van der Waals surface area contributed by atoms with Gasteiger partial charge in [0.1, 0.15) is 11.6 Å². The molecule has 4 heterocycles. The SMILES string of the molecule is O=C(C(O)c1cccnc1)N1CCN(c2ccc(-c3nc4ccc(Cl)cc4[nH]3)cn2)CC1. The minimum absolute atomic E-state index is 0.300. The maximum absolute atomic E-state index is 12.6. The second-order valence-electron chi connectivity index (χ2n) is 7.65. The molecule has 0 spiro atoms.